The summed E-state index contributed by atoms with van der Waals surface area (Å²) in [5.74, 6) is 1.35. The Labute approximate surface area is 193 Å². The molecule has 1 saturated heterocycles. The average Bonchev–Trinajstić information content (AvgIpc) is 3.14. The lowest BCUT2D eigenvalue weighted by molar-refractivity contribution is -0.128. The van der Waals surface area contributed by atoms with E-state index in [2.05, 4.69) is 59.3 Å². The van der Waals surface area contributed by atoms with Crippen molar-refractivity contribution >= 4 is 23.4 Å². The van der Waals surface area contributed by atoms with Gasteiger partial charge in [-0.3, -0.25) is 9.36 Å². The van der Waals surface area contributed by atoms with Gasteiger partial charge in [-0.15, -0.1) is 10.2 Å². The first-order valence-corrected chi connectivity index (χ1v) is 11.8. The molecule has 1 aliphatic heterocycles. The summed E-state index contributed by atoms with van der Waals surface area (Å²) in [6.45, 7) is 7.43. The van der Waals surface area contributed by atoms with E-state index in [1.165, 1.54) is 22.9 Å². The van der Waals surface area contributed by atoms with E-state index in [9.17, 15) is 4.79 Å². The number of methoxy groups -OCH3 is 1. The highest BCUT2D eigenvalue weighted by Crippen LogP contribution is 2.23. The molecule has 3 aromatic rings. The molecule has 1 aliphatic rings. The quantitative estimate of drug-likeness (QED) is 0.532. The first-order chi connectivity index (χ1) is 15.5. The number of nitrogens with zero attached hydrogens (tertiary/aromatic N) is 5. The smallest absolute Gasteiger partial charge is 0.233 e. The summed E-state index contributed by atoms with van der Waals surface area (Å²) in [5.41, 5.74) is 4.64. The fourth-order valence-electron chi connectivity index (χ4n) is 3.81. The summed E-state index contributed by atoms with van der Waals surface area (Å²) in [4.78, 5) is 17.2. The van der Waals surface area contributed by atoms with Gasteiger partial charge in [0.2, 0.25) is 5.91 Å². The molecule has 0 saturated carbocycles. The van der Waals surface area contributed by atoms with Crippen LogP contribution in [0.3, 0.4) is 0 Å². The van der Waals surface area contributed by atoms with Gasteiger partial charge in [-0.1, -0.05) is 17.8 Å². The molecule has 8 heteroatoms. The number of carbonyl (C=O) groups is 1. The maximum Gasteiger partial charge on any atom is 0.233 e. The average molecular weight is 452 g/mol. The number of hydrogen-bond acceptors (Lipinski definition) is 6. The maximum atomic E-state index is 12.9. The summed E-state index contributed by atoms with van der Waals surface area (Å²) in [6, 6.07) is 14.4. The molecule has 4 rings (SSSR count). The highest BCUT2D eigenvalue weighted by atomic mass is 32.2. The Morgan fingerprint density at radius 3 is 2.53 bits per heavy atom. The third-order valence-electron chi connectivity index (χ3n) is 5.90. The number of benzene rings is 2. The molecular weight excluding hydrogens is 422 g/mol. The van der Waals surface area contributed by atoms with Gasteiger partial charge in [0, 0.05) is 37.6 Å². The number of hydrogen-bond donors (Lipinski definition) is 0. The van der Waals surface area contributed by atoms with Crippen LogP contribution < -0.4 is 9.64 Å². The van der Waals surface area contributed by atoms with Crippen LogP contribution in [0, 0.1) is 13.8 Å². The number of aryl methyl sites for hydroxylation is 2. The number of amides is 1. The molecular formula is C24H29N5O2S. The van der Waals surface area contributed by atoms with Crippen LogP contribution in [0.1, 0.15) is 17.5 Å². The Bertz CT molecular complexity index is 1070. The molecule has 0 radical (unpaired) electrons. The van der Waals surface area contributed by atoms with Gasteiger partial charge in [0.15, 0.2) is 5.16 Å². The second-order valence-corrected chi connectivity index (χ2v) is 8.90. The van der Waals surface area contributed by atoms with Crippen molar-refractivity contribution in [2.24, 2.45) is 0 Å². The summed E-state index contributed by atoms with van der Waals surface area (Å²) >= 11 is 1.44. The Morgan fingerprint density at radius 2 is 1.78 bits per heavy atom. The van der Waals surface area contributed by atoms with Crippen LogP contribution in [0.4, 0.5) is 5.69 Å². The number of ether oxygens (including phenoxy) is 1. The number of rotatable bonds is 6. The lowest BCUT2D eigenvalue weighted by atomic mass is 10.1. The standard InChI is InChI=1S/C24H29N5O2S/c1-18-5-6-21(15-19(18)2)29-17-25-26-24(29)32-16-23(30)28-12-4-11-27(13-14-28)20-7-9-22(31-3)10-8-20/h5-10,15,17H,4,11-14,16H2,1-3H3. The molecule has 0 bridgehead atoms. The Morgan fingerprint density at radius 1 is 1.00 bits per heavy atom. The second-order valence-electron chi connectivity index (χ2n) is 7.96. The molecule has 1 aromatic heterocycles. The molecule has 2 aromatic carbocycles. The van der Waals surface area contributed by atoms with E-state index in [4.69, 9.17) is 4.74 Å². The van der Waals surface area contributed by atoms with Crippen LogP contribution >= 0.6 is 11.8 Å². The first-order valence-electron chi connectivity index (χ1n) is 10.8. The van der Waals surface area contributed by atoms with Gasteiger partial charge >= 0.3 is 0 Å². The minimum absolute atomic E-state index is 0.140. The zero-order valence-electron chi connectivity index (χ0n) is 18.8. The van der Waals surface area contributed by atoms with Crippen molar-refractivity contribution in [2.45, 2.75) is 25.4 Å². The van der Waals surface area contributed by atoms with Gasteiger partial charge < -0.3 is 14.5 Å². The molecule has 0 unspecified atom stereocenters. The number of carbonyl (C=O) groups excluding carboxylic acids is 1. The minimum Gasteiger partial charge on any atom is -0.497 e. The predicted molar refractivity (Wildman–Crippen MR) is 128 cm³/mol. The van der Waals surface area contributed by atoms with Gasteiger partial charge in [-0.25, -0.2) is 0 Å². The summed E-state index contributed by atoms with van der Waals surface area (Å²) in [6.07, 6.45) is 2.65. The molecule has 1 amide bonds. The molecule has 32 heavy (non-hydrogen) atoms. The summed E-state index contributed by atoms with van der Waals surface area (Å²) < 4.78 is 7.19. The topological polar surface area (TPSA) is 63.5 Å². The highest BCUT2D eigenvalue weighted by molar-refractivity contribution is 7.99. The Balaban J connectivity index is 1.35. The fourth-order valence-corrected chi connectivity index (χ4v) is 4.64. The molecule has 0 atom stereocenters. The van der Waals surface area contributed by atoms with Crippen molar-refractivity contribution in [3.63, 3.8) is 0 Å². The number of aromatic nitrogens is 3. The van der Waals surface area contributed by atoms with Crippen molar-refractivity contribution < 1.29 is 9.53 Å². The van der Waals surface area contributed by atoms with Crippen LogP contribution in [0.15, 0.2) is 53.9 Å². The monoisotopic (exact) mass is 451 g/mol. The third kappa shape index (κ3) is 5.07. The van der Waals surface area contributed by atoms with Crippen LogP contribution in [0.2, 0.25) is 0 Å². The first kappa shape index (κ1) is 22.2. The van der Waals surface area contributed by atoms with Crippen LogP contribution in [-0.2, 0) is 4.79 Å². The normalized spacial score (nSPS) is 14.3. The van der Waals surface area contributed by atoms with Gasteiger partial charge in [0.1, 0.15) is 12.1 Å². The van der Waals surface area contributed by atoms with Crippen LogP contribution in [0.5, 0.6) is 5.75 Å². The van der Waals surface area contributed by atoms with Crippen molar-refractivity contribution in [3.05, 3.63) is 59.9 Å². The summed E-state index contributed by atoms with van der Waals surface area (Å²) in [7, 11) is 1.67. The van der Waals surface area contributed by atoms with Crippen LogP contribution in [0.25, 0.3) is 5.69 Å². The van der Waals surface area contributed by atoms with E-state index in [1.54, 1.807) is 13.4 Å². The minimum atomic E-state index is 0.140. The zero-order valence-corrected chi connectivity index (χ0v) is 19.6. The molecule has 7 nitrogen and oxygen atoms in total. The second kappa shape index (κ2) is 10.1. The molecule has 0 N–H and O–H groups in total. The van der Waals surface area contributed by atoms with Gasteiger partial charge in [0.25, 0.3) is 0 Å². The predicted octanol–water partition coefficient (Wildman–Crippen LogP) is 3.72. The van der Waals surface area contributed by atoms with E-state index in [0.717, 1.165) is 54.9 Å². The van der Waals surface area contributed by atoms with Crippen molar-refractivity contribution in [1.29, 1.82) is 0 Å². The maximum absolute atomic E-state index is 12.9. The Kier molecular flexibility index (Phi) is 6.99. The molecule has 1 fully saturated rings. The molecule has 0 spiro atoms. The largest absolute Gasteiger partial charge is 0.497 e. The van der Waals surface area contributed by atoms with Gasteiger partial charge in [-0.2, -0.15) is 0 Å². The molecule has 0 aliphatic carbocycles. The zero-order chi connectivity index (χ0) is 22.5. The van der Waals surface area contributed by atoms with Crippen molar-refractivity contribution in [3.8, 4) is 11.4 Å². The Hall–Kier alpha value is -3.00. The van der Waals surface area contributed by atoms with E-state index in [0.29, 0.717) is 5.75 Å². The fraction of sp³-hybridized carbons (Fsp3) is 0.375. The van der Waals surface area contributed by atoms with Crippen LogP contribution in [-0.4, -0.2) is 64.6 Å². The van der Waals surface area contributed by atoms with Crippen molar-refractivity contribution in [2.75, 3.05) is 43.9 Å². The van der Waals surface area contributed by atoms with Crippen molar-refractivity contribution in [1.82, 2.24) is 19.7 Å². The summed E-state index contributed by atoms with van der Waals surface area (Å²) in [5, 5.41) is 9.03. The van der Waals surface area contributed by atoms with Gasteiger partial charge in [-0.05, 0) is 67.8 Å². The molecule has 2 heterocycles. The number of anilines is 1. The van der Waals surface area contributed by atoms with E-state index in [-0.39, 0.29) is 5.91 Å². The lowest BCUT2D eigenvalue weighted by Gasteiger charge is -2.24. The third-order valence-corrected chi connectivity index (χ3v) is 6.82. The SMILES string of the molecule is COc1ccc(N2CCCN(C(=O)CSc3nncn3-c3ccc(C)c(C)c3)CC2)cc1. The van der Waals surface area contributed by atoms with Gasteiger partial charge in [0.05, 0.1) is 12.9 Å². The van der Waals surface area contributed by atoms with E-state index in [1.807, 2.05) is 21.6 Å². The number of thioether (sulfide) groups is 1. The molecule has 168 valence electrons. The van der Waals surface area contributed by atoms with E-state index >= 15 is 0 Å². The van der Waals surface area contributed by atoms with E-state index < -0.39 is 0 Å². The highest BCUT2D eigenvalue weighted by Gasteiger charge is 2.20. The lowest BCUT2D eigenvalue weighted by Crippen LogP contribution is -2.36.